The van der Waals surface area contributed by atoms with Gasteiger partial charge in [0.1, 0.15) is 5.01 Å². The van der Waals surface area contributed by atoms with Gasteiger partial charge in [0.25, 0.3) is 0 Å². The highest BCUT2D eigenvalue weighted by Crippen LogP contribution is 2.07. The van der Waals surface area contributed by atoms with Gasteiger partial charge in [-0.2, -0.15) is 0 Å². The summed E-state index contributed by atoms with van der Waals surface area (Å²) in [4.78, 5) is 17.5. The van der Waals surface area contributed by atoms with E-state index >= 15 is 0 Å². The summed E-state index contributed by atoms with van der Waals surface area (Å²) in [6.07, 6.45) is 3.25. The van der Waals surface area contributed by atoms with Gasteiger partial charge < -0.3 is 10.2 Å². The quantitative estimate of drug-likeness (QED) is 0.817. The number of amides is 1. The van der Waals surface area contributed by atoms with Crippen LogP contribution in [-0.4, -0.2) is 36.4 Å². The number of aromatic nitrogens is 1. The molecule has 0 fully saturated rings. The smallest absolute Gasteiger partial charge is 0.222 e. The van der Waals surface area contributed by atoms with Gasteiger partial charge >= 0.3 is 0 Å². The van der Waals surface area contributed by atoms with E-state index in [9.17, 15) is 4.79 Å². The molecule has 100 valence electrons. The van der Waals surface area contributed by atoms with Crippen LogP contribution in [0.3, 0.4) is 0 Å². The van der Waals surface area contributed by atoms with Crippen LogP contribution >= 0.6 is 36.2 Å². The Balaban J connectivity index is 0. The predicted molar refractivity (Wildman–Crippen MR) is 76.2 cm³/mol. The van der Waals surface area contributed by atoms with Crippen molar-refractivity contribution in [2.75, 3.05) is 20.6 Å². The van der Waals surface area contributed by atoms with Gasteiger partial charge in [-0.1, -0.05) is 0 Å². The predicted octanol–water partition coefficient (Wildman–Crippen LogP) is 1.94. The fourth-order valence-corrected chi connectivity index (χ4v) is 1.90. The summed E-state index contributed by atoms with van der Waals surface area (Å²) in [7, 11) is 3.72. The van der Waals surface area contributed by atoms with Crippen LogP contribution in [0.5, 0.6) is 0 Å². The van der Waals surface area contributed by atoms with Crippen LogP contribution in [0.2, 0.25) is 0 Å². The van der Waals surface area contributed by atoms with Crippen molar-refractivity contribution >= 4 is 42.1 Å². The van der Waals surface area contributed by atoms with Gasteiger partial charge in [0.05, 0.1) is 6.54 Å². The minimum absolute atomic E-state index is 0. The van der Waals surface area contributed by atoms with Crippen LogP contribution < -0.4 is 5.32 Å². The number of carbonyl (C=O) groups excluding carboxylic acids is 1. The van der Waals surface area contributed by atoms with Crippen LogP contribution in [-0.2, 0) is 11.3 Å². The first-order valence-corrected chi connectivity index (χ1v) is 5.89. The van der Waals surface area contributed by atoms with Gasteiger partial charge in [0.15, 0.2) is 0 Å². The van der Waals surface area contributed by atoms with Crippen LogP contribution in [0.15, 0.2) is 11.6 Å². The van der Waals surface area contributed by atoms with E-state index in [2.05, 4.69) is 10.3 Å². The number of rotatable bonds is 6. The normalized spacial score (nSPS) is 9.06. The molecule has 4 nitrogen and oxygen atoms in total. The number of nitrogens with one attached hydrogen (secondary N) is 1. The fourth-order valence-electron chi connectivity index (χ4n) is 1.23. The van der Waals surface area contributed by atoms with Crippen molar-refractivity contribution in [3.05, 3.63) is 16.6 Å². The molecular formula is C10H19Cl2N3OS. The minimum Gasteiger partial charge on any atom is -0.339 e. The van der Waals surface area contributed by atoms with Crippen molar-refractivity contribution in [3.8, 4) is 0 Å². The number of hydrogen-bond acceptors (Lipinski definition) is 4. The first-order chi connectivity index (χ1) is 7.24. The lowest BCUT2D eigenvalue weighted by Crippen LogP contribution is -2.26. The van der Waals surface area contributed by atoms with E-state index in [4.69, 9.17) is 0 Å². The summed E-state index contributed by atoms with van der Waals surface area (Å²) in [5.41, 5.74) is 0. The Morgan fingerprint density at radius 2 is 2.24 bits per heavy atom. The van der Waals surface area contributed by atoms with E-state index in [1.54, 1.807) is 22.4 Å². The van der Waals surface area contributed by atoms with Crippen molar-refractivity contribution in [2.24, 2.45) is 0 Å². The molecule has 0 aliphatic carbocycles. The van der Waals surface area contributed by atoms with Gasteiger partial charge in [0, 0.05) is 25.0 Å². The van der Waals surface area contributed by atoms with Crippen molar-refractivity contribution in [1.29, 1.82) is 0 Å². The van der Waals surface area contributed by atoms with E-state index < -0.39 is 0 Å². The molecule has 0 aromatic carbocycles. The molecule has 0 unspecified atom stereocenters. The standard InChI is InChI=1S/C10H17N3OS.2ClH/c1-11-5-3-4-10(14)13(2)8-9-12-6-7-15-9;;/h6-7,11H,3-5,8H2,1-2H3;2*1H. The molecule has 1 heterocycles. The van der Waals surface area contributed by atoms with Crippen LogP contribution in [0, 0.1) is 0 Å². The number of nitrogens with zero attached hydrogens (tertiary/aromatic N) is 2. The molecule has 0 aliphatic heterocycles. The lowest BCUT2D eigenvalue weighted by atomic mass is 10.3. The summed E-state index contributed by atoms with van der Waals surface area (Å²) < 4.78 is 0. The third-order valence-corrected chi connectivity index (χ3v) is 2.86. The Morgan fingerprint density at radius 1 is 1.53 bits per heavy atom. The Bertz CT molecular complexity index is 296. The van der Waals surface area contributed by atoms with Crippen molar-refractivity contribution < 1.29 is 4.79 Å². The van der Waals surface area contributed by atoms with Crippen molar-refractivity contribution in [3.63, 3.8) is 0 Å². The summed E-state index contributed by atoms with van der Waals surface area (Å²) in [5.74, 6) is 0.181. The lowest BCUT2D eigenvalue weighted by molar-refractivity contribution is -0.130. The number of thiazole rings is 1. The molecule has 0 aliphatic rings. The third kappa shape index (κ3) is 7.54. The number of hydrogen-bond donors (Lipinski definition) is 1. The van der Waals surface area contributed by atoms with E-state index in [1.807, 2.05) is 19.5 Å². The second-order valence-corrected chi connectivity index (χ2v) is 4.36. The molecule has 0 saturated heterocycles. The summed E-state index contributed by atoms with van der Waals surface area (Å²) in [6.45, 7) is 1.51. The second kappa shape index (κ2) is 10.8. The van der Waals surface area contributed by atoms with Gasteiger partial charge in [-0.05, 0) is 20.0 Å². The molecular weight excluding hydrogens is 281 g/mol. The zero-order valence-corrected chi connectivity index (χ0v) is 12.5. The highest BCUT2D eigenvalue weighted by Gasteiger charge is 2.09. The summed E-state index contributed by atoms with van der Waals surface area (Å²) in [5, 5.41) is 5.94. The van der Waals surface area contributed by atoms with Gasteiger partial charge in [-0.15, -0.1) is 36.2 Å². The van der Waals surface area contributed by atoms with Crippen LogP contribution in [0.1, 0.15) is 17.8 Å². The number of halogens is 2. The zero-order valence-electron chi connectivity index (χ0n) is 10.0. The highest BCUT2D eigenvalue weighted by molar-refractivity contribution is 7.09. The van der Waals surface area contributed by atoms with Crippen molar-refractivity contribution in [1.82, 2.24) is 15.2 Å². The highest BCUT2D eigenvalue weighted by atomic mass is 35.5. The largest absolute Gasteiger partial charge is 0.339 e. The van der Waals surface area contributed by atoms with E-state index in [0.717, 1.165) is 18.0 Å². The fraction of sp³-hybridized carbons (Fsp3) is 0.600. The molecule has 1 aromatic rings. The molecule has 0 atom stereocenters. The van der Waals surface area contributed by atoms with Crippen LogP contribution in [0.4, 0.5) is 0 Å². The molecule has 0 saturated carbocycles. The van der Waals surface area contributed by atoms with E-state index in [-0.39, 0.29) is 30.7 Å². The van der Waals surface area contributed by atoms with Gasteiger partial charge in [-0.3, -0.25) is 4.79 Å². The Hall–Kier alpha value is -0.360. The van der Waals surface area contributed by atoms with Gasteiger partial charge in [0.2, 0.25) is 5.91 Å². The first kappa shape index (κ1) is 19.0. The second-order valence-electron chi connectivity index (χ2n) is 3.38. The Labute approximate surface area is 119 Å². The molecule has 17 heavy (non-hydrogen) atoms. The van der Waals surface area contributed by atoms with Crippen LogP contribution in [0.25, 0.3) is 0 Å². The topological polar surface area (TPSA) is 45.2 Å². The maximum Gasteiger partial charge on any atom is 0.222 e. The average Bonchev–Trinajstić information content (AvgIpc) is 2.70. The molecule has 0 bridgehead atoms. The SMILES string of the molecule is CNCCCC(=O)N(C)Cc1nccs1.Cl.Cl. The molecule has 0 radical (unpaired) electrons. The molecule has 1 N–H and O–H groups in total. The molecule has 0 spiro atoms. The monoisotopic (exact) mass is 299 g/mol. The third-order valence-electron chi connectivity index (χ3n) is 2.10. The van der Waals surface area contributed by atoms with E-state index in [1.165, 1.54) is 0 Å². The molecule has 1 rings (SSSR count). The van der Waals surface area contributed by atoms with E-state index in [0.29, 0.717) is 13.0 Å². The molecule has 7 heteroatoms. The number of carbonyl (C=O) groups is 1. The minimum atomic E-state index is 0. The van der Waals surface area contributed by atoms with Crippen molar-refractivity contribution in [2.45, 2.75) is 19.4 Å². The molecule has 1 aromatic heterocycles. The Kier molecular flexibility index (Phi) is 12.0. The average molecular weight is 300 g/mol. The zero-order chi connectivity index (χ0) is 11.1. The summed E-state index contributed by atoms with van der Waals surface area (Å²) >= 11 is 1.58. The first-order valence-electron chi connectivity index (χ1n) is 5.01. The Morgan fingerprint density at radius 3 is 2.76 bits per heavy atom. The molecule has 1 amide bonds. The van der Waals surface area contributed by atoms with Gasteiger partial charge in [-0.25, -0.2) is 4.98 Å². The maximum absolute atomic E-state index is 11.6. The lowest BCUT2D eigenvalue weighted by Gasteiger charge is -2.15. The summed E-state index contributed by atoms with van der Waals surface area (Å²) in [6, 6.07) is 0. The maximum atomic E-state index is 11.6.